The molecule has 0 heterocycles. The van der Waals surface area contributed by atoms with Gasteiger partial charge in [0.15, 0.2) is 0 Å². The molecule has 0 spiro atoms. The predicted octanol–water partition coefficient (Wildman–Crippen LogP) is 1.97. The molecule has 1 aliphatic rings. The van der Waals surface area contributed by atoms with Crippen molar-refractivity contribution in [1.82, 2.24) is 0 Å². The zero-order valence-corrected chi connectivity index (χ0v) is 11.4. The van der Waals surface area contributed by atoms with Gasteiger partial charge in [-0.15, -0.1) is 0 Å². The number of primary amides is 1. The van der Waals surface area contributed by atoms with Crippen molar-refractivity contribution in [2.45, 2.75) is 44.8 Å². The highest BCUT2D eigenvalue weighted by molar-refractivity contribution is 5.79. The summed E-state index contributed by atoms with van der Waals surface area (Å²) >= 11 is 0. The second-order valence-corrected chi connectivity index (χ2v) is 5.30. The number of benzene rings is 1. The molecule has 0 radical (unpaired) electrons. The van der Waals surface area contributed by atoms with Gasteiger partial charge < -0.3 is 15.7 Å². The summed E-state index contributed by atoms with van der Waals surface area (Å²) in [4.78, 5) is 13.4. The summed E-state index contributed by atoms with van der Waals surface area (Å²) in [6.07, 6.45) is 4.19. The van der Waals surface area contributed by atoms with Crippen LogP contribution in [0.2, 0.25) is 0 Å². The maximum atomic E-state index is 11.3. The van der Waals surface area contributed by atoms with Crippen LogP contribution < -0.4 is 10.6 Å². The molecule has 2 rings (SSSR count). The molecule has 1 fully saturated rings. The lowest BCUT2D eigenvalue weighted by molar-refractivity contribution is -0.116. The van der Waals surface area contributed by atoms with Crippen LogP contribution in [0.5, 0.6) is 0 Å². The van der Waals surface area contributed by atoms with Crippen molar-refractivity contribution in [2.24, 2.45) is 5.73 Å². The first kappa shape index (κ1) is 13.9. The first-order valence-corrected chi connectivity index (χ1v) is 6.91. The summed E-state index contributed by atoms with van der Waals surface area (Å²) in [6.45, 7) is 2.01. The minimum absolute atomic E-state index is 0.263. The van der Waals surface area contributed by atoms with Crippen LogP contribution in [0.1, 0.15) is 44.3 Å². The Balaban J connectivity index is 2.19. The molecule has 0 unspecified atom stereocenters. The Labute approximate surface area is 114 Å². The molecule has 3 N–H and O–H groups in total. The van der Waals surface area contributed by atoms with Crippen molar-refractivity contribution in [3.8, 4) is 0 Å². The fraction of sp³-hybridized carbons (Fsp3) is 0.533. The van der Waals surface area contributed by atoms with Gasteiger partial charge in [0.05, 0.1) is 12.6 Å². The molecule has 0 bridgehead atoms. The van der Waals surface area contributed by atoms with E-state index < -0.39 is 6.10 Å². The SMILES string of the molecule is C[C@H](O)c1ccc(N(CC(N)=O)C2CCCC2)cc1. The summed E-state index contributed by atoms with van der Waals surface area (Å²) in [6, 6.07) is 8.14. The van der Waals surface area contributed by atoms with E-state index in [-0.39, 0.29) is 12.5 Å². The van der Waals surface area contributed by atoms with Crippen LogP contribution in [-0.4, -0.2) is 23.6 Å². The van der Waals surface area contributed by atoms with Crippen molar-refractivity contribution in [3.05, 3.63) is 29.8 Å². The molecule has 1 atom stereocenters. The van der Waals surface area contributed by atoms with Gasteiger partial charge in [0.1, 0.15) is 0 Å². The van der Waals surface area contributed by atoms with Crippen LogP contribution in [-0.2, 0) is 4.79 Å². The Bertz CT molecular complexity index is 422. The van der Waals surface area contributed by atoms with E-state index in [1.165, 1.54) is 12.8 Å². The highest BCUT2D eigenvalue weighted by atomic mass is 16.3. The van der Waals surface area contributed by atoms with Crippen LogP contribution in [0.4, 0.5) is 5.69 Å². The Morgan fingerprint density at radius 3 is 2.42 bits per heavy atom. The van der Waals surface area contributed by atoms with E-state index in [2.05, 4.69) is 4.90 Å². The number of hydrogen-bond donors (Lipinski definition) is 2. The molecule has 1 saturated carbocycles. The average Bonchev–Trinajstić information content (AvgIpc) is 2.89. The molecule has 4 heteroatoms. The molecular weight excluding hydrogens is 240 g/mol. The Morgan fingerprint density at radius 1 is 1.37 bits per heavy atom. The van der Waals surface area contributed by atoms with Gasteiger partial charge in [0, 0.05) is 11.7 Å². The van der Waals surface area contributed by atoms with Crippen molar-refractivity contribution >= 4 is 11.6 Å². The fourth-order valence-electron chi connectivity index (χ4n) is 2.76. The van der Waals surface area contributed by atoms with Crippen LogP contribution in [0.3, 0.4) is 0 Å². The number of carbonyl (C=O) groups is 1. The lowest BCUT2D eigenvalue weighted by Gasteiger charge is -2.30. The van der Waals surface area contributed by atoms with Crippen LogP contribution in [0, 0.1) is 0 Å². The Hall–Kier alpha value is -1.55. The highest BCUT2D eigenvalue weighted by Gasteiger charge is 2.24. The van der Waals surface area contributed by atoms with E-state index in [9.17, 15) is 9.90 Å². The first-order chi connectivity index (χ1) is 9.08. The molecule has 0 aliphatic heterocycles. The zero-order chi connectivity index (χ0) is 13.8. The summed E-state index contributed by atoms with van der Waals surface area (Å²) < 4.78 is 0. The molecule has 0 saturated heterocycles. The molecule has 1 aromatic carbocycles. The maximum Gasteiger partial charge on any atom is 0.236 e. The quantitative estimate of drug-likeness (QED) is 0.852. The Kier molecular flexibility index (Phi) is 4.43. The van der Waals surface area contributed by atoms with Gasteiger partial charge in [-0.05, 0) is 37.5 Å². The largest absolute Gasteiger partial charge is 0.389 e. The summed E-state index contributed by atoms with van der Waals surface area (Å²) in [5, 5.41) is 9.52. The Morgan fingerprint density at radius 2 is 1.95 bits per heavy atom. The van der Waals surface area contributed by atoms with Gasteiger partial charge in [-0.1, -0.05) is 25.0 Å². The van der Waals surface area contributed by atoms with E-state index in [0.29, 0.717) is 6.04 Å². The number of rotatable bonds is 5. The van der Waals surface area contributed by atoms with Gasteiger partial charge in [-0.25, -0.2) is 0 Å². The summed E-state index contributed by atoms with van der Waals surface area (Å²) in [5.41, 5.74) is 7.25. The van der Waals surface area contributed by atoms with Crippen molar-refractivity contribution in [1.29, 1.82) is 0 Å². The number of aliphatic hydroxyl groups is 1. The number of aliphatic hydroxyl groups excluding tert-OH is 1. The van der Waals surface area contributed by atoms with E-state index in [4.69, 9.17) is 5.73 Å². The normalized spacial score (nSPS) is 17.4. The molecule has 1 aliphatic carbocycles. The van der Waals surface area contributed by atoms with Crippen LogP contribution in [0.25, 0.3) is 0 Å². The molecule has 4 nitrogen and oxygen atoms in total. The van der Waals surface area contributed by atoms with Crippen LogP contribution >= 0.6 is 0 Å². The van der Waals surface area contributed by atoms with Gasteiger partial charge >= 0.3 is 0 Å². The number of amides is 1. The van der Waals surface area contributed by atoms with E-state index in [1.807, 2.05) is 24.3 Å². The molecule has 19 heavy (non-hydrogen) atoms. The molecule has 104 valence electrons. The number of anilines is 1. The lowest BCUT2D eigenvalue weighted by atomic mass is 10.1. The standard InChI is InChI=1S/C15H22N2O2/c1-11(18)12-6-8-14(9-7-12)17(10-15(16)19)13-4-2-3-5-13/h6-9,11,13,18H,2-5,10H2,1H3,(H2,16,19)/t11-/m0/s1. The number of nitrogens with zero attached hydrogens (tertiary/aromatic N) is 1. The highest BCUT2D eigenvalue weighted by Crippen LogP contribution is 2.28. The van der Waals surface area contributed by atoms with Gasteiger partial charge in [-0.3, -0.25) is 4.79 Å². The third-order valence-corrected chi connectivity index (χ3v) is 3.80. The zero-order valence-electron chi connectivity index (χ0n) is 11.4. The first-order valence-electron chi connectivity index (χ1n) is 6.91. The van der Waals surface area contributed by atoms with Gasteiger partial charge in [0.25, 0.3) is 0 Å². The van der Waals surface area contributed by atoms with E-state index in [1.54, 1.807) is 6.92 Å². The molecule has 1 aromatic rings. The third-order valence-electron chi connectivity index (χ3n) is 3.80. The topological polar surface area (TPSA) is 66.6 Å². The van der Waals surface area contributed by atoms with Gasteiger partial charge in [0.2, 0.25) is 5.91 Å². The second-order valence-electron chi connectivity index (χ2n) is 5.30. The molecule has 1 amide bonds. The van der Waals surface area contributed by atoms with Gasteiger partial charge in [-0.2, -0.15) is 0 Å². The van der Waals surface area contributed by atoms with Crippen molar-refractivity contribution in [2.75, 3.05) is 11.4 Å². The maximum absolute atomic E-state index is 11.3. The van der Waals surface area contributed by atoms with E-state index in [0.717, 1.165) is 24.1 Å². The monoisotopic (exact) mass is 262 g/mol. The number of carbonyl (C=O) groups excluding carboxylic acids is 1. The lowest BCUT2D eigenvalue weighted by Crippen LogP contribution is -2.40. The minimum atomic E-state index is -0.467. The molecular formula is C15H22N2O2. The van der Waals surface area contributed by atoms with Crippen molar-refractivity contribution < 1.29 is 9.90 Å². The minimum Gasteiger partial charge on any atom is -0.389 e. The summed E-state index contributed by atoms with van der Waals surface area (Å²) in [5.74, 6) is -0.300. The smallest absolute Gasteiger partial charge is 0.236 e. The number of hydrogen-bond acceptors (Lipinski definition) is 3. The fourth-order valence-corrected chi connectivity index (χ4v) is 2.76. The van der Waals surface area contributed by atoms with Crippen molar-refractivity contribution in [3.63, 3.8) is 0 Å². The van der Waals surface area contributed by atoms with E-state index >= 15 is 0 Å². The summed E-state index contributed by atoms with van der Waals surface area (Å²) in [7, 11) is 0. The van der Waals surface area contributed by atoms with Crippen LogP contribution in [0.15, 0.2) is 24.3 Å². The third kappa shape index (κ3) is 3.47. The predicted molar refractivity (Wildman–Crippen MR) is 75.9 cm³/mol. The second kappa shape index (κ2) is 6.06. The molecule has 0 aromatic heterocycles. The number of nitrogens with two attached hydrogens (primary N) is 1. The average molecular weight is 262 g/mol.